The second-order valence-electron chi connectivity index (χ2n) is 6.51. The van der Waals surface area contributed by atoms with Crippen LogP contribution in [0.15, 0.2) is 58.6 Å². The van der Waals surface area contributed by atoms with Crippen LogP contribution in [0.5, 0.6) is 0 Å². The Hall–Kier alpha value is -3.06. The lowest BCUT2D eigenvalue weighted by molar-refractivity contribution is 0.140. The molecule has 1 aromatic rings. The number of benzene rings is 1. The van der Waals surface area contributed by atoms with Crippen LogP contribution in [0.1, 0.15) is 18.9 Å². The molecule has 0 bridgehead atoms. The Balaban J connectivity index is 1.82. The van der Waals surface area contributed by atoms with Gasteiger partial charge in [-0.2, -0.15) is 9.98 Å². The molecule has 146 valence electrons. The summed E-state index contributed by atoms with van der Waals surface area (Å²) in [7, 11) is 0. The Morgan fingerprint density at radius 2 is 2.07 bits per heavy atom. The molecule has 0 saturated heterocycles. The molecular weight excluding hydrogens is 356 g/mol. The molecule has 1 aliphatic heterocycles. The van der Waals surface area contributed by atoms with Crippen molar-refractivity contribution in [3.05, 3.63) is 54.1 Å². The van der Waals surface area contributed by atoms with E-state index in [-0.39, 0.29) is 5.92 Å². The average molecular weight is 380 g/mol. The molecule has 0 fully saturated rings. The van der Waals surface area contributed by atoms with Crippen LogP contribution < -0.4 is 5.32 Å². The van der Waals surface area contributed by atoms with Crippen molar-refractivity contribution in [1.29, 1.82) is 0 Å². The van der Waals surface area contributed by atoms with Crippen LogP contribution >= 0.6 is 0 Å². The van der Waals surface area contributed by atoms with Crippen LogP contribution in [0.3, 0.4) is 0 Å². The molecule has 1 N–H and O–H groups in total. The number of nitrogens with one attached hydrogen (secondary N) is 1. The normalized spacial score (nSPS) is 19.6. The molecule has 1 heterocycles. The number of amidine groups is 1. The number of rotatable bonds is 6. The van der Waals surface area contributed by atoms with Gasteiger partial charge in [-0.1, -0.05) is 35.9 Å². The molecule has 1 unspecified atom stereocenters. The third-order valence-electron chi connectivity index (χ3n) is 4.40. The first kappa shape index (κ1) is 19.7. The summed E-state index contributed by atoms with van der Waals surface area (Å²) in [4.78, 5) is 34.9. The highest BCUT2D eigenvalue weighted by molar-refractivity contribution is 6.24. The number of fused-ring (bicyclic) bond motifs is 1. The minimum absolute atomic E-state index is 0.321. The number of urea groups is 2. The van der Waals surface area contributed by atoms with E-state index >= 15 is 0 Å². The lowest BCUT2D eigenvalue weighted by atomic mass is 9.94. The summed E-state index contributed by atoms with van der Waals surface area (Å²) in [6, 6.07) is 6.51. The second-order valence-corrected chi connectivity index (χ2v) is 6.51. The maximum Gasteiger partial charge on any atom is 0.349 e. The van der Waals surface area contributed by atoms with Crippen molar-refractivity contribution in [2.24, 2.45) is 15.9 Å². The van der Waals surface area contributed by atoms with Gasteiger partial charge in [-0.15, -0.1) is 0 Å². The Kier molecular flexibility index (Phi) is 6.49. The predicted octanol–water partition coefficient (Wildman–Crippen LogP) is 3.97. The first-order valence-electron chi connectivity index (χ1n) is 9.37. The molecule has 1 atom stereocenters. The third kappa shape index (κ3) is 4.80. The third-order valence-corrected chi connectivity index (χ3v) is 4.40. The van der Waals surface area contributed by atoms with Crippen molar-refractivity contribution >= 4 is 29.3 Å². The summed E-state index contributed by atoms with van der Waals surface area (Å²) < 4.78 is 5.35. The summed E-state index contributed by atoms with van der Waals surface area (Å²) in [5, 5.41) is 2.75. The largest absolute Gasteiger partial charge is 0.382 e. The fourth-order valence-corrected chi connectivity index (χ4v) is 3.00. The van der Waals surface area contributed by atoms with Crippen molar-refractivity contribution in [2.75, 3.05) is 25.1 Å². The lowest BCUT2D eigenvalue weighted by Crippen LogP contribution is -2.47. The van der Waals surface area contributed by atoms with E-state index < -0.39 is 12.1 Å². The number of ether oxygens (including phenoxy) is 1. The quantitative estimate of drug-likeness (QED) is 0.758. The first-order chi connectivity index (χ1) is 13.6. The van der Waals surface area contributed by atoms with Crippen molar-refractivity contribution in [1.82, 2.24) is 4.90 Å². The summed E-state index contributed by atoms with van der Waals surface area (Å²) in [6.45, 7) is 5.43. The molecule has 0 saturated carbocycles. The van der Waals surface area contributed by atoms with Crippen LogP contribution in [0, 0.1) is 12.8 Å². The van der Waals surface area contributed by atoms with Gasteiger partial charge in [0.1, 0.15) is 5.84 Å². The van der Waals surface area contributed by atoms with E-state index in [9.17, 15) is 9.59 Å². The molecule has 2 aliphatic rings. The molecule has 7 nitrogen and oxygen atoms in total. The van der Waals surface area contributed by atoms with Gasteiger partial charge in [0.05, 0.1) is 11.6 Å². The van der Waals surface area contributed by atoms with E-state index in [0.717, 1.165) is 5.56 Å². The van der Waals surface area contributed by atoms with E-state index in [2.05, 4.69) is 15.3 Å². The number of carbonyl (C=O) groups is 2. The second kappa shape index (κ2) is 9.23. The molecular formula is C21H24N4O3. The number of anilines is 1. The van der Waals surface area contributed by atoms with E-state index in [1.54, 1.807) is 6.08 Å². The molecule has 1 aromatic carbocycles. The van der Waals surface area contributed by atoms with Gasteiger partial charge in [-0.05, 0) is 38.5 Å². The SMILES string of the molecule is CCOCCCN1C(=O)N=C2C=CC=CC2/C1=N/C(=O)Nc1ccc(C)cc1. The molecule has 0 spiro atoms. The number of aryl methyl sites for hydroxylation is 1. The van der Waals surface area contributed by atoms with Crippen molar-refractivity contribution < 1.29 is 14.3 Å². The van der Waals surface area contributed by atoms with Gasteiger partial charge in [0, 0.05) is 25.4 Å². The number of aliphatic imine (C=N–C) groups is 2. The fraction of sp³-hybridized carbons (Fsp3) is 0.333. The van der Waals surface area contributed by atoms with Crippen molar-refractivity contribution in [2.45, 2.75) is 20.3 Å². The number of hydrogen-bond donors (Lipinski definition) is 1. The topological polar surface area (TPSA) is 83.4 Å². The summed E-state index contributed by atoms with van der Waals surface area (Å²) in [5.74, 6) is 0.0651. The van der Waals surface area contributed by atoms with Gasteiger partial charge >= 0.3 is 12.1 Å². The van der Waals surface area contributed by atoms with Crippen molar-refractivity contribution in [3.8, 4) is 0 Å². The minimum atomic E-state index is -0.523. The van der Waals surface area contributed by atoms with Crippen LogP contribution in [-0.2, 0) is 4.74 Å². The number of carbonyl (C=O) groups excluding carboxylic acids is 2. The Bertz CT molecular complexity index is 853. The molecule has 1 aliphatic carbocycles. The van der Waals surface area contributed by atoms with Gasteiger partial charge in [0.25, 0.3) is 0 Å². The highest BCUT2D eigenvalue weighted by Crippen LogP contribution is 2.22. The van der Waals surface area contributed by atoms with Gasteiger partial charge in [0.15, 0.2) is 0 Å². The summed E-state index contributed by atoms with van der Waals surface area (Å²) >= 11 is 0. The van der Waals surface area contributed by atoms with Gasteiger partial charge in [0.2, 0.25) is 0 Å². The monoisotopic (exact) mass is 380 g/mol. The van der Waals surface area contributed by atoms with Crippen LogP contribution in [0.25, 0.3) is 0 Å². The number of hydrogen-bond acceptors (Lipinski definition) is 3. The van der Waals surface area contributed by atoms with Crippen LogP contribution in [0.2, 0.25) is 0 Å². The Labute approximate surface area is 164 Å². The summed E-state index contributed by atoms with van der Waals surface area (Å²) in [5.41, 5.74) is 2.34. The first-order valence-corrected chi connectivity index (χ1v) is 9.37. The van der Waals surface area contributed by atoms with E-state index in [0.29, 0.717) is 43.4 Å². The maximum absolute atomic E-state index is 12.5. The number of nitrogens with zero attached hydrogens (tertiary/aromatic N) is 3. The van der Waals surface area contributed by atoms with Gasteiger partial charge in [-0.25, -0.2) is 9.59 Å². The van der Waals surface area contributed by atoms with E-state index in [4.69, 9.17) is 4.74 Å². The van der Waals surface area contributed by atoms with E-state index in [1.165, 1.54) is 4.90 Å². The molecule has 0 radical (unpaired) electrons. The predicted molar refractivity (Wildman–Crippen MR) is 110 cm³/mol. The van der Waals surface area contributed by atoms with E-state index in [1.807, 2.05) is 56.3 Å². The molecule has 28 heavy (non-hydrogen) atoms. The Morgan fingerprint density at radius 1 is 1.29 bits per heavy atom. The zero-order valence-electron chi connectivity index (χ0n) is 16.1. The highest BCUT2D eigenvalue weighted by atomic mass is 16.5. The molecule has 7 heteroatoms. The molecule has 0 aromatic heterocycles. The maximum atomic E-state index is 12.5. The van der Waals surface area contributed by atoms with Crippen LogP contribution in [-0.4, -0.2) is 48.3 Å². The van der Waals surface area contributed by atoms with Crippen molar-refractivity contribution in [3.63, 3.8) is 0 Å². The smallest absolute Gasteiger partial charge is 0.349 e. The average Bonchev–Trinajstić information content (AvgIpc) is 2.68. The zero-order valence-corrected chi connectivity index (χ0v) is 16.1. The molecule has 4 amide bonds. The highest BCUT2D eigenvalue weighted by Gasteiger charge is 2.34. The molecule has 3 rings (SSSR count). The zero-order chi connectivity index (χ0) is 19.9. The standard InChI is InChI=1S/C21H24N4O3/c1-3-28-14-6-13-25-19(17-7-4-5-8-18(17)23-21(25)27)24-20(26)22-16-11-9-15(2)10-12-16/h4-5,7-12,17H,3,6,13-14H2,1-2H3,(H,22,26)/b24-19-. The van der Waals surface area contributed by atoms with Gasteiger partial charge in [-0.3, -0.25) is 4.90 Å². The Morgan fingerprint density at radius 3 is 2.82 bits per heavy atom. The lowest BCUT2D eigenvalue weighted by Gasteiger charge is -2.31. The fourth-order valence-electron chi connectivity index (χ4n) is 3.00. The van der Waals surface area contributed by atoms with Crippen LogP contribution in [0.4, 0.5) is 15.3 Å². The number of amides is 4. The number of allylic oxidation sites excluding steroid dienone is 3. The summed E-state index contributed by atoms with van der Waals surface area (Å²) in [6.07, 6.45) is 7.98. The van der Waals surface area contributed by atoms with Gasteiger partial charge < -0.3 is 10.1 Å². The minimum Gasteiger partial charge on any atom is -0.382 e.